The van der Waals surface area contributed by atoms with Crippen molar-refractivity contribution in [2.24, 2.45) is 10.8 Å². The molecule has 11 heteroatoms. The summed E-state index contributed by atoms with van der Waals surface area (Å²) in [6, 6.07) is 14.5. The number of benzene rings is 1. The van der Waals surface area contributed by atoms with Crippen molar-refractivity contribution in [1.29, 1.82) is 0 Å². The number of anilines is 2. The molecule has 8 rings (SSSR count). The number of pyridine rings is 2. The van der Waals surface area contributed by atoms with E-state index in [2.05, 4.69) is 30.9 Å². The molecule has 4 aromatic rings. The molecule has 1 atom stereocenters. The van der Waals surface area contributed by atoms with Crippen molar-refractivity contribution in [1.82, 2.24) is 24.5 Å². The van der Waals surface area contributed by atoms with E-state index in [9.17, 15) is 14.0 Å². The molecule has 10 nitrogen and oxygen atoms in total. The van der Waals surface area contributed by atoms with Gasteiger partial charge in [-0.15, -0.1) is 5.10 Å². The average Bonchev–Trinajstić information content (AvgIpc) is 3.61. The molecule has 1 saturated carbocycles. The van der Waals surface area contributed by atoms with Crippen LogP contribution in [0.1, 0.15) is 57.4 Å². The third-order valence-corrected chi connectivity index (χ3v) is 10.3. The van der Waals surface area contributed by atoms with Crippen LogP contribution in [-0.4, -0.2) is 82.7 Å². The average molecular weight is 596 g/mol. The van der Waals surface area contributed by atoms with Gasteiger partial charge in [0.15, 0.2) is 11.3 Å². The Kier molecular flexibility index (Phi) is 5.98. The van der Waals surface area contributed by atoms with Crippen LogP contribution in [0.2, 0.25) is 0 Å². The fourth-order valence-corrected chi connectivity index (χ4v) is 7.87. The molecule has 3 saturated heterocycles. The Balaban J connectivity index is 0.926. The van der Waals surface area contributed by atoms with Gasteiger partial charge in [0, 0.05) is 50.1 Å². The minimum atomic E-state index is -0.454. The van der Waals surface area contributed by atoms with Crippen molar-refractivity contribution >= 4 is 29.0 Å². The van der Waals surface area contributed by atoms with Gasteiger partial charge in [0.05, 0.1) is 19.0 Å². The Bertz CT molecular complexity index is 1810. The topological polar surface area (TPSA) is 96.2 Å². The van der Waals surface area contributed by atoms with Crippen LogP contribution in [0.3, 0.4) is 0 Å². The number of halogens is 1. The maximum atomic E-state index is 13.9. The Hall–Kier alpha value is -4.54. The van der Waals surface area contributed by atoms with Gasteiger partial charge >= 0.3 is 5.97 Å². The van der Waals surface area contributed by atoms with Gasteiger partial charge in [-0.1, -0.05) is 18.2 Å². The standard InChI is InChI=1S/C33H34FN7O3/c1-21-13-24(39-19-33(20-39)10-9-25(33)22-5-3-6-23(34)14-22)15-41-29(21)36-28(37-41)30(42)40-17-32(18-40)11-12-38(16-32)27-8-4-7-26(35-27)31(43)44-2/h3-8,13-15,25H,9-12,16-20H2,1-2H3. The maximum Gasteiger partial charge on any atom is 0.356 e. The van der Waals surface area contributed by atoms with Crippen molar-refractivity contribution < 1.29 is 18.7 Å². The normalized spacial score (nSPS) is 21.3. The summed E-state index contributed by atoms with van der Waals surface area (Å²) in [6.07, 6.45) is 5.16. The van der Waals surface area contributed by atoms with Crippen LogP contribution in [-0.2, 0) is 4.74 Å². The highest BCUT2D eigenvalue weighted by atomic mass is 19.1. The van der Waals surface area contributed by atoms with Gasteiger partial charge in [-0.25, -0.2) is 23.7 Å². The van der Waals surface area contributed by atoms with Gasteiger partial charge in [-0.05, 0) is 73.6 Å². The summed E-state index contributed by atoms with van der Waals surface area (Å²) in [4.78, 5) is 40.8. The van der Waals surface area contributed by atoms with E-state index < -0.39 is 5.97 Å². The first-order valence-electron chi connectivity index (χ1n) is 15.2. The number of hydrogen-bond acceptors (Lipinski definition) is 8. The summed E-state index contributed by atoms with van der Waals surface area (Å²) in [5.41, 5.74) is 4.31. The number of fused-ring (bicyclic) bond motifs is 1. The third kappa shape index (κ3) is 4.23. The summed E-state index contributed by atoms with van der Waals surface area (Å²) in [6.45, 7) is 6.72. The molecule has 1 aliphatic carbocycles. The molecule has 44 heavy (non-hydrogen) atoms. The number of nitrogens with zero attached hydrogens (tertiary/aromatic N) is 7. The van der Waals surface area contributed by atoms with Gasteiger partial charge in [0.25, 0.3) is 5.91 Å². The smallest absolute Gasteiger partial charge is 0.356 e. The highest BCUT2D eigenvalue weighted by Gasteiger charge is 2.55. The van der Waals surface area contributed by atoms with Crippen LogP contribution >= 0.6 is 0 Å². The van der Waals surface area contributed by atoms with Crippen molar-refractivity contribution in [2.45, 2.75) is 32.1 Å². The predicted octanol–water partition coefficient (Wildman–Crippen LogP) is 4.09. The molecule has 1 aromatic carbocycles. The first-order chi connectivity index (χ1) is 21.2. The number of amides is 1. The van der Waals surface area contributed by atoms with E-state index in [1.165, 1.54) is 13.2 Å². The second kappa shape index (κ2) is 9.73. The van der Waals surface area contributed by atoms with Gasteiger partial charge in [-0.3, -0.25) is 4.79 Å². The molecule has 0 bridgehead atoms. The Morgan fingerprint density at radius 2 is 1.80 bits per heavy atom. The first kappa shape index (κ1) is 27.0. The molecule has 4 aliphatic rings. The van der Waals surface area contributed by atoms with E-state index in [-0.39, 0.29) is 34.1 Å². The molecule has 6 heterocycles. The minimum absolute atomic E-state index is 0.000776. The van der Waals surface area contributed by atoms with E-state index in [4.69, 9.17) is 4.74 Å². The van der Waals surface area contributed by atoms with Gasteiger partial charge in [0.2, 0.25) is 5.82 Å². The molecule has 0 radical (unpaired) electrons. The van der Waals surface area contributed by atoms with Crippen LogP contribution in [0.4, 0.5) is 15.9 Å². The van der Waals surface area contributed by atoms with Gasteiger partial charge in [0.1, 0.15) is 11.6 Å². The summed E-state index contributed by atoms with van der Waals surface area (Å²) >= 11 is 0. The molecule has 226 valence electrons. The molecule has 1 unspecified atom stereocenters. The van der Waals surface area contributed by atoms with E-state index in [1.54, 1.807) is 16.6 Å². The Labute approximate surface area is 254 Å². The zero-order valence-corrected chi connectivity index (χ0v) is 24.9. The van der Waals surface area contributed by atoms with Gasteiger partial charge in [-0.2, -0.15) is 0 Å². The van der Waals surface area contributed by atoms with Crippen LogP contribution in [0.15, 0.2) is 54.7 Å². The molecule has 3 aliphatic heterocycles. The lowest BCUT2D eigenvalue weighted by Crippen LogP contribution is -2.63. The van der Waals surface area contributed by atoms with Crippen molar-refractivity contribution in [3.8, 4) is 0 Å². The summed E-state index contributed by atoms with van der Waals surface area (Å²) < 4.78 is 20.4. The Morgan fingerprint density at radius 3 is 2.55 bits per heavy atom. The zero-order chi connectivity index (χ0) is 30.2. The van der Waals surface area contributed by atoms with Gasteiger partial charge < -0.3 is 19.4 Å². The highest BCUT2D eigenvalue weighted by Crippen LogP contribution is 2.58. The second-order valence-electron chi connectivity index (χ2n) is 13.2. The first-order valence-corrected chi connectivity index (χ1v) is 15.2. The number of methoxy groups -OCH3 is 1. The largest absolute Gasteiger partial charge is 0.464 e. The quantitative estimate of drug-likeness (QED) is 0.319. The highest BCUT2D eigenvalue weighted by molar-refractivity contribution is 5.92. The summed E-state index contributed by atoms with van der Waals surface area (Å²) in [5.74, 6) is 0.579. The minimum Gasteiger partial charge on any atom is -0.464 e. The van der Waals surface area contributed by atoms with Crippen LogP contribution in [0, 0.1) is 23.6 Å². The maximum absolute atomic E-state index is 13.9. The third-order valence-electron chi connectivity index (χ3n) is 10.3. The van der Waals surface area contributed by atoms with Crippen molar-refractivity contribution in [3.63, 3.8) is 0 Å². The SMILES string of the molecule is COC(=O)c1cccc(N2CCC3(CN(C(=O)c4nc5c(C)cc(N6CC7(CCC7c7cccc(F)c7)C6)cn5n4)C3)C2)n1. The van der Waals surface area contributed by atoms with Crippen molar-refractivity contribution in [2.75, 3.05) is 56.2 Å². The molecule has 0 N–H and O–H groups in total. The van der Waals surface area contributed by atoms with Crippen LogP contribution in [0.25, 0.3) is 5.65 Å². The summed E-state index contributed by atoms with van der Waals surface area (Å²) in [5, 5.41) is 4.61. The number of esters is 1. The van der Waals surface area contributed by atoms with E-state index in [0.29, 0.717) is 24.7 Å². The molecule has 3 aromatic heterocycles. The molecule has 4 fully saturated rings. The summed E-state index contributed by atoms with van der Waals surface area (Å²) in [7, 11) is 1.35. The second-order valence-corrected chi connectivity index (χ2v) is 13.2. The number of ether oxygens (including phenoxy) is 1. The number of aryl methyl sites for hydroxylation is 1. The Morgan fingerprint density at radius 1 is 0.977 bits per heavy atom. The molecular weight excluding hydrogens is 561 g/mol. The molecule has 2 spiro atoms. The number of hydrogen-bond donors (Lipinski definition) is 0. The molecule has 1 amide bonds. The number of rotatable bonds is 5. The number of carbonyl (C=O) groups is 2. The van der Waals surface area contributed by atoms with E-state index in [0.717, 1.165) is 68.1 Å². The lowest BCUT2D eigenvalue weighted by Gasteiger charge is -2.61. The fraction of sp³-hybridized carbons (Fsp3) is 0.424. The number of carbonyl (C=O) groups excluding carboxylic acids is 2. The zero-order valence-electron chi connectivity index (χ0n) is 24.9. The predicted molar refractivity (Wildman–Crippen MR) is 161 cm³/mol. The fourth-order valence-electron chi connectivity index (χ4n) is 7.87. The monoisotopic (exact) mass is 595 g/mol. The van der Waals surface area contributed by atoms with Crippen molar-refractivity contribution in [3.05, 3.63) is 83.2 Å². The molecular formula is C33H34FN7O3. The lowest BCUT2D eigenvalue weighted by molar-refractivity contribution is 0.0157. The number of aromatic nitrogens is 4. The number of likely N-dealkylation sites (tertiary alicyclic amines) is 1. The van der Waals surface area contributed by atoms with Crippen LogP contribution < -0.4 is 9.80 Å². The van der Waals surface area contributed by atoms with Crippen LogP contribution in [0.5, 0.6) is 0 Å². The van der Waals surface area contributed by atoms with E-state index >= 15 is 0 Å². The lowest BCUT2D eigenvalue weighted by atomic mass is 9.53. The van der Waals surface area contributed by atoms with E-state index in [1.807, 2.05) is 42.3 Å².